The molecule has 188 valence electrons. The summed E-state index contributed by atoms with van der Waals surface area (Å²) in [5, 5.41) is 1.64. The van der Waals surface area contributed by atoms with Crippen LogP contribution in [0, 0.1) is 12.8 Å². The molecule has 7 heteroatoms. The van der Waals surface area contributed by atoms with Crippen LogP contribution in [0.5, 0.6) is 5.75 Å². The van der Waals surface area contributed by atoms with Crippen LogP contribution in [0.15, 0.2) is 109 Å². The van der Waals surface area contributed by atoms with Gasteiger partial charge in [0.15, 0.2) is 6.10 Å². The number of ether oxygens (including phenoxy) is 1. The van der Waals surface area contributed by atoms with Crippen molar-refractivity contribution >= 4 is 29.2 Å². The Labute approximate surface area is 219 Å². The zero-order valence-electron chi connectivity index (χ0n) is 20.6. The van der Waals surface area contributed by atoms with Gasteiger partial charge in [0.25, 0.3) is 5.91 Å². The van der Waals surface area contributed by atoms with E-state index in [2.05, 4.69) is 0 Å². The minimum Gasteiger partial charge on any atom is -0.423 e. The highest BCUT2D eigenvalue weighted by Crippen LogP contribution is 2.47. The second kappa shape index (κ2) is 9.61. The molecule has 4 aromatic carbocycles. The molecule has 2 heterocycles. The molecule has 2 aliphatic heterocycles. The number of hydroxylamine groups is 1. The number of anilines is 2. The fourth-order valence-corrected chi connectivity index (χ4v) is 4.97. The highest BCUT2D eigenvalue weighted by molar-refractivity contribution is 6.23. The summed E-state index contributed by atoms with van der Waals surface area (Å²) in [6.45, 7) is 1.95. The number of hydrogen-bond donors (Lipinski definition) is 0. The smallest absolute Gasteiger partial charge is 0.343 e. The molecule has 2 fully saturated rings. The molecule has 0 radical (unpaired) electrons. The third-order valence-electron chi connectivity index (χ3n) is 6.86. The summed E-state index contributed by atoms with van der Waals surface area (Å²) in [7, 11) is 0. The first kappa shape index (κ1) is 23.6. The molecule has 3 atom stereocenters. The number of nitrogens with zero attached hydrogens (tertiary/aromatic N) is 2. The number of imide groups is 1. The molecule has 0 aliphatic carbocycles. The molecule has 0 N–H and O–H groups in total. The average Bonchev–Trinajstić information content (AvgIpc) is 3.46. The van der Waals surface area contributed by atoms with E-state index in [1.54, 1.807) is 65.7 Å². The maximum Gasteiger partial charge on any atom is 0.343 e. The van der Waals surface area contributed by atoms with Crippen LogP contribution in [0.1, 0.15) is 27.5 Å². The van der Waals surface area contributed by atoms with Gasteiger partial charge in [-0.2, -0.15) is 0 Å². The molecule has 0 saturated carbocycles. The highest BCUT2D eigenvalue weighted by atomic mass is 16.7. The van der Waals surface area contributed by atoms with Gasteiger partial charge in [-0.15, -0.1) is 0 Å². The standard InChI is InChI=1S/C31H24N2O5/c1-20-12-16-23(17-13-20)32-29(34)26-27(33(38-28(26)30(32)35)24-10-6-3-7-11-24)21-14-18-25(19-15-21)37-31(36)22-8-4-2-5-9-22/h2-19,26-28H,1H3/t26-,27-,28+/m0/s1. The molecule has 38 heavy (non-hydrogen) atoms. The molecule has 0 bridgehead atoms. The summed E-state index contributed by atoms with van der Waals surface area (Å²) in [5.41, 5.74) is 3.49. The van der Waals surface area contributed by atoms with Crippen molar-refractivity contribution in [2.45, 2.75) is 19.1 Å². The maximum atomic E-state index is 13.7. The number of rotatable bonds is 5. The lowest BCUT2D eigenvalue weighted by Gasteiger charge is -2.28. The van der Waals surface area contributed by atoms with E-state index in [4.69, 9.17) is 9.57 Å². The Morgan fingerprint density at radius 3 is 2.03 bits per heavy atom. The lowest BCUT2D eigenvalue weighted by molar-refractivity contribution is -0.126. The molecular formula is C31H24N2O5. The molecule has 0 spiro atoms. The van der Waals surface area contributed by atoms with E-state index in [0.717, 1.165) is 16.8 Å². The third kappa shape index (κ3) is 4.13. The van der Waals surface area contributed by atoms with Crippen molar-refractivity contribution in [3.63, 3.8) is 0 Å². The minimum atomic E-state index is -0.954. The van der Waals surface area contributed by atoms with Crippen molar-refractivity contribution in [3.05, 3.63) is 126 Å². The average molecular weight is 505 g/mol. The molecule has 2 amide bonds. The predicted octanol–water partition coefficient (Wildman–Crippen LogP) is 5.27. The quantitative estimate of drug-likeness (QED) is 0.210. The first-order valence-corrected chi connectivity index (χ1v) is 12.3. The molecule has 0 unspecified atom stereocenters. The van der Waals surface area contributed by atoms with Gasteiger partial charge in [-0.25, -0.2) is 14.8 Å². The zero-order chi connectivity index (χ0) is 26.2. The predicted molar refractivity (Wildman–Crippen MR) is 142 cm³/mol. The second-order valence-corrected chi connectivity index (χ2v) is 9.33. The van der Waals surface area contributed by atoms with Gasteiger partial charge in [0, 0.05) is 0 Å². The first-order valence-electron chi connectivity index (χ1n) is 12.3. The number of hydrogen-bond acceptors (Lipinski definition) is 6. The van der Waals surface area contributed by atoms with Gasteiger partial charge in [0.1, 0.15) is 11.7 Å². The van der Waals surface area contributed by atoms with Crippen molar-refractivity contribution in [2.24, 2.45) is 5.92 Å². The number of aryl methyl sites for hydroxylation is 1. The van der Waals surface area contributed by atoms with E-state index in [0.29, 0.717) is 17.0 Å². The summed E-state index contributed by atoms with van der Waals surface area (Å²) < 4.78 is 5.53. The van der Waals surface area contributed by atoms with Crippen molar-refractivity contribution in [2.75, 3.05) is 9.96 Å². The second-order valence-electron chi connectivity index (χ2n) is 9.33. The van der Waals surface area contributed by atoms with E-state index >= 15 is 0 Å². The molecule has 7 nitrogen and oxygen atoms in total. The fraction of sp³-hybridized carbons (Fsp3) is 0.129. The van der Waals surface area contributed by atoms with Crippen LogP contribution in [-0.2, 0) is 14.4 Å². The van der Waals surface area contributed by atoms with Crippen LogP contribution in [-0.4, -0.2) is 23.9 Å². The van der Waals surface area contributed by atoms with Crippen LogP contribution < -0.4 is 14.7 Å². The van der Waals surface area contributed by atoms with Crippen molar-refractivity contribution in [1.82, 2.24) is 0 Å². The number of amides is 2. The van der Waals surface area contributed by atoms with E-state index in [9.17, 15) is 14.4 Å². The zero-order valence-corrected chi connectivity index (χ0v) is 20.6. The SMILES string of the molecule is Cc1ccc(N2C(=O)[C@@H]3[C@@H](ON(c4ccccc4)[C@H]3c3ccc(OC(=O)c4ccccc4)cc3)C2=O)cc1. The topological polar surface area (TPSA) is 76.2 Å². The lowest BCUT2D eigenvalue weighted by atomic mass is 9.90. The van der Waals surface area contributed by atoms with Gasteiger partial charge in [0.05, 0.1) is 23.0 Å². The van der Waals surface area contributed by atoms with E-state index in [1.807, 2.05) is 55.5 Å². The van der Waals surface area contributed by atoms with Crippen LogP contribution in [0.25, 0.3) is 0 Å². The van der Waals surface area contributed by atoms with Crippen molar-refractivity contribution in [1.29, 1.82) is 0 Å². The molecule has 6 rings (SSSR count). The maximum absolute atomic E-state index is 13.7. The van der Waals surface area contributed by atoms with Crippen LogP contribution in [0.2, 0.25) is 0 Å². The number of esters is 1. The highest BCUT2D eigenvalue weighted by Gasteiger charge is 2.60. The van der Waals surface area contributed by atoms with Crippen molar-refractivity contribution < 1.29 is 24.0 Å². The summed E-state index contributed by atoms with van der Waals surface area (Å²) >= 11 is 0. The normalized spacial score (nSPS) is 20.5. The van der Waals surface area contributed by atoms with E-state index in [1.165, 1.54) is 4.90 Å². The minimum absolute atomic E-state index is 0.313. The Kier molecular flexibility index (Phi) is 5.98. The largest absolute Gasteiger partial charge is 0.423 e. The Hall–Kier alpha value is -4.75. The molecular weight excluding hydrogens is 480 g/mol. The van der Waals surface area contributed by atoms with Crippen molar-refractivity contribution in [3.8, 4) is 5.75 Å². The van der Waals surface area contributed by atoms with Gasteiger partial charge in [-0.1, -0.05) is 66.2 Å². The Balaban J connectivity index is 1.32. The third-order valence-corrected chi connectivity index (χ3v) is 6.86. The molecule has 4 aromatic rings. The molecule has 2 saturated heterocycles. The first-order chi connectivity index (χ1) is 18.5. The number of benzene rings is 4. The van der Waals surface area contributed by atoms with Crippen LogP contribution in [0.3, 0.4) is 0 Å². The summed E-state index contributed by atoms with van der Waals surface area (Å²) in [5.74, 6) is -1.53. The van der Waals surface area contributed by atoms with Gasteiger partial charge >= 0.3 is 5.97 Å². The monoisotopic (exact) mass is 504 g/mol. The van der Waals surface area contributed by atoms with Gasteiger partial charge in [-0.3, -0.25) is 14.4 Å². The van der Waals surface area contributed by atoms with Gasteiger partial charge in [0.2, 0.25) is 5.91 Å². The Morgan fingerprint density at radius 1 is 0.737 bits per heavy atom. The van der Waals surface area contributed by atoms with Gasteiger partial charge in [-0.05, 0) is 61.0 Å². The van der Waals surface area contributed by atoms with E-state index in [-0.39, 0.29) is 11.8 Å². The lowest BCUT2D eigenvalue weighted by Crippen LogP contribution is -2.37. The van der Waals surface area contributed by atoms with E-state index < -0.39 is 24.0 Å². The number of carbonyl (C=O) groups is 3. The van der Waals surface area contributed by atoms with Crippen LogP contribution >= 0.6 is 0 Å². The Morgan fingerprint density at radius 2 is 1.37 bits per heavy atom. The molecule has 2 aliphatic rings. The Bertz CT molecular complexity index is 1490. The van der Waals surface area contributed by atoms with Crippen LogP contribution in [0.4, 0.5) is 11.4 Å². The fourth-order valence-electron chi connectivity index (χ4n) is 4.97. The number of carbonyl (C=O) groups excluding carboxylic acids is 3. The summed E-state index contributed by atoms with van der Waals surface area (Å²) in [4.78, 5) is 47.1. The summed E-state index contributed by atoms with van der Waals surface area (Å²) in [6.07, 6.45) is -0.954. The summed E-state index contributed by atoms with van der Waals surface area (Å²) in [6, 6.07) is 31.8. The number of para-hydroxylation sites is 1. The number of fused-ring (bicyclic) bond motifs is 1. The van der Waals surface area contributed by atoms with Gasteiger partial charge < -0.3 is 4.74 Å². The molecule has 0 aromatic heterocycles.